The zero-order chi connectivity index (χ0) is 23.1. The zero-order valence-electron chi connectivity index (χ0n) is 16.6. The first-order chi connectivity index (χ1) is 15.1. The predicted molar refractivity (Wildman–Crippen MR) is 117 cm³/mol. The molecule has 2 aromatic carbocycles. The first-order valence-corrected chi connectivity index (χ1v) is 11.2. The molecular weight excluding hydrogens is 488 g/mol. The SMILES string of the molecule is Cc1cc(C2=NOC(c3cc(Cl)cc(Cl)c3)(C(F)(F)F)C2)ccc1C(=O)NC1COSC1. The Morgan fingerprint density at radius 1 is 1.22 bits per heavy atom. The van der Waals surface area contributed by atoms with E-state index in [1.54, 1.807) is 25.1 Å². The lowest BCUT2D eigenvalue weighted by Crippen LogP contribution is -2.42. The van der Waals surface area contributed by atoms with Crippen molar-refractivity contribution in [3.8, 4) is 0 Å². The summed E-state index contributed by atoms with van der Waals surface area (Å²) in [4.78, 5) is 17.6. The van der Waals surface area contributed by atoms with E-state index in [0.29, 0.717) is 29.1 Å². The standard InChI is InChI=1S/C21H17Cl2F3N2O3S/c1-11-4-12(2-3-17(11)19(29)27-16-9-30-32-10-16)18-8-20(31-28-18,21(24,25)26)13-5-14(22)7-15(23)6-13/h2-7,16H,8-10H2,1H3,(H,27,29). The van der Waals surface area contributed by atoms with Crippen molar-refractivity contribution in [3.05, 3.63) is 68.7 Å². The summed E-state index contributed by atoms with van der Waals surface area (Å²) in [6, 6.07) is 8.34. The number of rotatable bonds is 4. The molecule has 32 heavy (non-hydrogen) atoms. The van der Waals surface area contributed by atoms with Crippen molar-refractivity contribution in [1.29, 1.82) is 0 Å². The Hall–Kier alpha value is -1.94. The number of aryl methyl sites for hydroxylation is 1. The van der Waals surface area contributed by atoms with Crippen molar-refractivity contribution in [2.24, 2.45) is 5.16 Å². The molecule has 4 rings (SSSR count). The monoisotopic (exact) mass is 504 g/mol. The summed E-state index contributed by atoms with van der Waals surface area (Å²) in [5.41, 5.74) is -1.38. The summed E-state index contributed by atoms with van der Waals surface area (Å²) in [6.07, 6.45) is -5.34. The number of halogens is 5. The maximum atomic E-state index is 14.1. The highest BCUT2D eigenvalue weighted by Crippen LogP contribution is 2.49. The molecule has 0 aliphatic carbocycles. The molecule has 2 unspecified atom stereocenters. The van der Waals surface area contributed by atoms with Gasteiger partial charge in [0.2, 0.25) is 0 Å². The normalized spacial score (nSPS) is 23.1. The Bertz CT molecular complexity index is 1070. The van der Waals surface area contributed by atoms with E-state index >= 15 is 0 Å². The van der Waals surface area contributed by atoms with Gasteiger partial charge in [0, 0.05) is 33.3 Å². The molecule has 0 saturated carbocycles. The molecule has 2 aliphatic rings. The lowest BCUT2D eigenvalue weighted by Gasteiger charge is -2.29. The number of hydrogen-bond acceptors (Lipinski definition) is 5. The minimum Gasteiger partial charge on any atom is -0.374 e. The van der Waals surface area contributed by atoms with Crippen molar-refractivity contribution in [2.75, 3.05) is 12.4 Å². The average Bonchev–Trinajstić information content (AvgIpc) is 3.37. The van der Waals surface area contributed by atoms with E-state index in [9.17, 15) is 18.0 Å². The number of alkyl halides is 3. The summed E-state index contributed by atoms with van der Waals surface area (Å²) < 4.78 is 47.6. The van der Waals surface area contributed by atoms with E-state index in [1.165, 1.54) is 30.2 Å². The molecule has 1 N–H and O–H groups in total. The van der Waals surface area contributed by atoms with Crippen molar-refractivity contribution in [2.45, 2.75) is 31.2 Å². The van der Waals surface area contributed by atoms with Crippen LogP contribution in [0.1, 0.15) is 33.5 Å². The summed E-state index contributed by atoms with van der Waals surface area (Å²) in [6.45, 7) is 2.14. The van der Waals surface area contributed by atoms with Crippen LogP contribution in [0.2, 0.25) is 10.0 Å². The van der Waals surface area contributed by atoms with Crippen LogP contribution in [0.4, 0.5) is 13.2 Å². The van der Waals surface area contributed by atoms with Crippen LogP contribution in [0.25, 0.3) is 0 Å². The average molecular weight is 505 g/mol. The summed E-state index contributed by atoms with van der Waals surface area (Å²) >= 11 is 13.2. The lowest BCUT2D eigenvalue weighted by molar-refractivity contribution is -0.275. The molecule has 0 spiro atoms. The molecule has 2 aromatic rings. The van der Waals surface area contributed by atoms with E-state index in [4.69, 9.17) is 32.2 Å². The van der Waals surface area contributed by atoms with Gasteiger partial charge >= 0.3 is 6.18 Å². The molecule has 1 amide bonds. The molecule has 1 saturated heterocycles. The molecule has 11 heteroatoms. The van der Waals surface area contributed by atoms with Crippen LogP contribution < -0.4 is 5.32 Å². The van der Waals surface area contributed by atoms with Gasteiger partial charge in [0.25, 0.3) is 11.5 Å². The van der Waals surface area contributed by atoms with Gasteiger partial charge in [-0.15, -0.1) is 0 Å². The molecule has 2 aliphatic heterocycles. The number of nitrogens with zero attached hydrogens (tertiary/aromatic N) is 1. The molecule has 2 heterocycles. The molecule has 170 valence electrons. The third-order valence-electron chi connectivity index (χ3n) is 5.28. The van der Waals surface area contributed by atoms with Crippen LogP contribution in [-0.4, -0.2) is 36.2 Å². The predicted octanol–water partition coefficient (Wildman–Crippen LogP) is 5.66. The fraction of sp³-hybridized carbons (Fsp3) is 0.333. The number of carbonyl (C=O) groups excluding carboxylic acids is 1. The molecule has 5 nitrogen and oxygen atoms in total. The number of carbonyl (C=O) groups is 1. The van der Waals surface area contributed by atoms with Gasteiger partial charge in [-0.1, -0.05) is 34.4 Å². The minimum absolute atomic E-state index is 0.0606. The fourth-order valence-electron chi connectivity index (χ4n) is 3.60. The summed E-state index contributed by atoms with van der Waals surface area (Å²) in [5, 5.41) is 6.75. The van der Waals surface area contributed by atoms with Gasteiger partial charge in [0.1, 0.15) is 0 Å². The van der Waals surface area contributed by atoms with Crippen LogP contribution in [-0.2, 0) is 14.6 Å². The van der Waals surface area contributed by atoms with E-state index in [2.05, 4.69) is 10.5 Å². The third-order valence-corrected chi connectivity index (χ3v) is 6.55. The van der Waals surface area contributed by atoms with Gasteiger partial charge in [0.05, 0.1) is 18.4 Å². The van der Waals surface area contributed by atoms with E-state index < -0.39 is 18.2 Å². The van der Waals surface area contributed by atoms with E-state index in [1.807, 2.05) is 0 Å². The van der Waals surface area contributed by atoms with Gasteiger partial charge in [0.15, 0.2) is 0 Å². The second kappa shape index (κ2) is 8.78. The number of nitrogens with one attached hydrogen (secondary N) is 1. The van der Waals surface area contributed by atoms with Crippen molar-refractivity contribution in [1.82, 2.24) is 5.32 Å². The van der Waals surface area contributed by atoms with E-state index in [-0.39, 0.29) is 33.3 Å². The zero-order valence-corrected chi connectivity index (χ0v) is 19.0. The van der Waals surface area contributed by atoms with E-state index in [0.717, 1.165) is 0 Å². The smallest absolute Gasteiger partial charge is 0.374 e. The Morgan fingerprint density at radius 2 is 1.94 bits per heavy atom. The van der Waals surface area contributed by atoms with Crippen LogP contribution in [0.5, 0.6) is 0 Å². The molecule has 1 fully saturated rings. The lowest BCUT2D eigenvalue weighted by atomic mass is 9.86. The van der Waals surface area contributed by atoms with Crippen molar-refractivity contribution in [3.63, 3.8) is 0 Å². The summed E-state index contributed by atoms with van der Waals surface area (Å²) in [5.74, 6) is 0.386. The maximum Gasteiger partial charge on any atom is 0.435 e. The van der Waals surface area contributed by atoms with Gasteiger partial charge in [-0.3, -0.25) is 4.79 Å². The second-order valence-corrected chi connectivity index (χ2v) is 9.24. The third kappa shape index (κ3) is 4.44. The Morgan fingerprint density at radius 3 is 2.53 bits per heavy atom. The van der Waals surface area contributed by atoms with Crippen LogP contribution in [0.3, 0.4) is 0 Å². The highest BCUT2D eigenvalue weighted by Gasteiger charge is 2.62. The Labute approximate surface area is 196 Å². The molecule has 0 aromatic heterocycles. The minimum atomic E-state index is -4.78. The van der Waals surface area contributed by atoms with Crippen LogP contribution >= 0.6 is 35.2 Å². The highest BCUT2D eigenvalue weighted by molar-refractivity contribution is 7.94. The van der Waals surface area contributed by atoms with Gasteiger partial charge in [-0.05, 0) is 60.4 Å². The van der Waals surface area contributed by atoms with Gasteiger partial charge in [-0.2, -0.15) is 13.2 Å². The van der Waals surface area contributed by atoms with Crippen LogP contribution in [0.15, 0.2) is 41.6 Å². The molecule has 0 bridgehead atoms. The first-order valence-electron chi connectivity index (χ1n) is 9.54. The topological polar surface area (TPSA) is 59.9 Å². The van der Waals surface area contributed by atoms with Crippen LogP contribution in [0, 0.1) is 6.92 Å². The first kappa shape index (κ1) is 23.2. The summed E-state index contributed by atoms with van der Waals surface area (Å²) in [7, 11) is 0. The van der Waals surface area contributed by atoms with Gasteiger partial charge in [-0.25, -0.2) is 0 Å². The number of oxime groups is 1. The number of hydrogen-bond donors (Lipinski definition) is 1. The fourth-order valence-corrected chi connectivity index (χ4v) is 4.83. The highest BCUT2D eigenvalue weighted by atomic mass is 35.5. The van der Waals surface area contributed by atoms with Crippen molar-refractivity contribution < 1.29 is 27.0 Å². The number of amides is 1. The largest absolute Gasteiger partial charge is 0.435 e. The molecule has 2 atom stereocenters. The number of benzene rings is 2. The van der Waals surface area contributed by atoms with Gasteiger partial charge < -0.3 is 14.3 Å². The Balaban J connectivity index is 1.59. The Kier molecular flexibility index (Phi) is 6.37. The van der Waals surface area contributed by atoms with Crippen molar-refractivity contribution >= 4 is 46.9 Å². The quantitative estimate of drug-likeness (QED) is 0.545. The maximum absolute atomic E-state index is 14.1. The second-order valence-electron chi connectivity index (χ2n) is 7.56. The molecule has 0 radical (unpaired) electrons. The molecular formula is C21H17Cl2F3N2O3S.